The van der Waals surface area contributed by atoms with E-state index in [4.69, 9.17) is 10.2 Å². The monoisotopic (exact) mass is 510 g/mol. The van der Waals surface area contributed by atoms with Crippen LogP contribution in [-0.2, 0) is 6.54 Å². The van der Waals surface area contributed by atoms with Crippen LogP contribution in [0.25, 0.3) is 10.8 Å². The molecule has 3 rings (SSSR count). The quantitative estimate of drug-likeness (QED) is 0.292. The minimum Gasteiger partial charge on any atom is -0.443 e. The summed E-state index contributed by atoms with van der Waals surface area (Å²) >= 11 is 1.51. The van der Waals surface area contributed by atoms with E-state index < -0.39 is 6.36 Å². The van der Waals surface area contributed by atoms with E-state index in [0.717, 1.165) is 4.88 Å². The van der Waals surface area contributed by atoms with E-state index in [-0.39, 0.29) is 42.2 Å². The molecule has 11 heteroatoms. The summed E-state index contributed by atoms with van der Waals surface area (Å²) in [5, 5.41) is 4.69. The third-order valence-electron chi connectivity index (χ3n) is 3.06. The number of aliphatic imine (C=N–C) groups is 1. The van der Waals surface area contributed by atoms with Crippen LogP contribution in [0.5, 0.6) is 5.75 Å². The molecule has 27 heavy (non-hydrogen) atoms. The number of alkyl halides is 3. The zero-order valence-electron chi connectivity index (χ0n) is 13.6. The molecule has 0 fully saturated rings. The van der Waals surface area contributed by atoms with Gasteiger partial charge in [0.05, 0.1) is 11.4 Å². The Bertz CT molecular complexity index is 880. The maximum Gasteiger partial charge on any atom is 0.573 e. The van der Waals surface area contributed by atoms with Gasteiger partial charge in [0, 0.05) is 5.69 Å². The lowest BCUT2D eigenvalue weighted by atomic mass is 10.3. The highest BCUT2D eigenvalue weighted by atomic mass is 127. The van der Waals surface area contributed by atoms with Gasteiger partial charge in [0.2, 0.25) is 5.89 Å². The van der Waals surface area contributed by atoms with Crippen LogP contribution >= 0.6 is 35.3 Å². The van der Waals surface area contributed by atoms with Crippen LogP contribution in [-0.4, -0.2) is 17.3 Å². The minimum atomic E-state index is -4.73. The van der Waals surface area contributed by atoms with Gasteiger partial charge in [0.15, 0.2) is 5.96 Å². The highest BCUT2D eigenvalue weighted by Gasteiger charge is 2.30. The number of benzene rings is 1. The van der Waals surface area contributed by atoms with Gasteiger partial charge >= 0.3 is 6.36 Å². The second kappa shape index (κ2) is 9.08. The highest BCUT2D eigenvalue weighted by molar-refractivity contribution is 14.0. The van der Waals surface area contributed by atoms with Crippen molar-refractivity contribution in [3.63, 3.8) is 0 Å². The number of halogens is 4. The molecule has 1 aromatic carbocycles. The Labute approximate surface area is 173 Å². The van der Waals surface area contributed by atoms with Crippen molar-refractivity contribution in [1.29, 1.82) is 0 Å². The topological polar surface area (TPSA) is 85.7 Å². The summed E-state index contributed by atoms with van der Waals surface area (Å²) in [6.07, 6.45) is -3.23. The first kappa shape index (κ1) is 21.0. The van der Waals surface area contributed by atoms with Crippen LogP contribution in [0.4, 0.5) is 18.9 Å². The molecule has 0 aliphatic rings. The van der Waals surface area contributed by atoms with Crippen LogP contribution in [0.15, 0.2) is 57.5 Å². The number of rotatable bonds is 5. The van der Waals surface area contributed by atoms with Crippen LogP contribution in [0.2, 0.25) is 0 Å². The molecule has 0 atom stereocenters. The predicted molar refractivity (Wildman–Crippen MR) is 107 cm³/mol. The lowest BCUT2D eigenvalue weighted by Crippen LogP contribution is -2.22. The molecule has 6 nitrogen and oxygen atoms in total. The zero-order chi connectivity index (χ0) is 18.6. The Morgan fingerprint density at radius 2 is 2.00 bits per heavy atom. The van der Waals surface area contributed by atoms with Crippen LogP contribution in [0.3, 0.4) is 0 Å². The first-order valence-corrected chi connectivity index (χ1v) is 8.18. The number of nitrogens with zero attached hydrogens (tertiary/aromatic N) is 2. The van der Waals surface area contributed by atoms with Crippen molar-refractivity contribution in [3.05, 3.63) is 53.7 Å². The van der Waals surface area contributed by atoms with Gasteiger partial charge in [-0.2, -0.15) is 0 Å². The van der Waals surface area contributed by atoms with E-state index in [0.29, 0.717) is 17.3 Å². The average Bonchev–Trinajstić information content (AvgIpc) is 3.24. The molecule has 0 amide bonds. The maximum absolute atomic E-state index is 12.1. The summed E-state index contributed by atoms with van der Waals surface area (Å²) in [5.74, 6) is 0.286. The summed E-state index contributed by atoms with van der Waals surface area (Å²) in [4.78, 5) is 9.34. The van der Waals surface area contributed by atoms with Gasteiger partial charge in [0.1, 0.15) is 17.7 Å². The number of thiophene rings is 1. The van der Waals surface area contributed by atoms with Gasteiger partial charge in [-0.15, -0.1) is 48.5 Å². The number of oxazole rings is 1. The molecule has 0 bridgehead atoms. The Kier molecular flexibility index (Phi) is 7.07. The molecule has 144 valence electrons. The number of nitrogens with one attached hydrogen (secondary N) is 1. The fraction of sp³-hybridized carbons (Fsp3) is 0.125. The van der Waals surface area contributed by atoms with E-state index >= 15 is 0 Å². The molecule has 3 N–H and O–H groups in total. The van der Waals surface area contributed by atoms with E-state index in [2.05, 4.69) is 20.0 Å². The van der Waals surface area contributed by atoms with E-state index in [1.807, 2.05) is 17.5 Å². The second-order valence-electron chi connectivity index (χ2n) is 5.02. The molecule has 0 saturated carbocycles. The van der Waals surface area contributed by atoms with Gasteiger partial charge in [-0.05, 0) is 35.7 Å². The summed E-state index contributed by atoms with van der Waals surface area (Å²) in [5.41, 5.74) is 6.84. The summed E-state index contributed by atoms with van der Waals surface area (Å²) < 4.78 is 45.5. The molecule has 0 unspecified atom stereocenters. The van der Waals surface area contributed by atoms with Crippen molar-refractivity contribution in [2.24, 2.45) is 10.7 Å². The van der Waals surface area contributed by atoms with E-state index in [1.165, 1.54) is 41.9 Å². The molecule has 3 aromatic rings. The number of anilines is 1. The Hall–Kier alpha value is -2.28. The fourth-order valence-electron chi connectivity index (χ4n) is 1.99. The number of guanidine groups is 1. The molecule has 0 aliphatic heterocycles. The maximum atomic E-state index is 12.1. The fourth-order valence-corrected chi connectivity index (χ4v) is 2.64. The van der Waals surface area contributed by atoms with Crippen molar-refractivity contribution >= 4 is 47.0 Å². The lowest BCUT2D eigenvalue weighted by Gasteiger charge is -2.10. The van der Waals surface area contributed by atoms with Crippen molar-refractivity contribution in [2.45, 2.75) is 12.9 Å². The highest BCUT2D eigenvalue weighted by Crippen LogP contribution is 2.25. The average molecular weight is 510 g/mol. The lowest BCUT2D eigenvalue weighted by molar-refractivity contribution is -0.274. The molecule has 0 aliphatic carbocycles. The van der Waals surface area contributed by atoms with Gasteiger partial charge in [-0.1, -0.05) is 6.07 Å². The van der Waals surface area contributed by atoms with Crippen LogP contribution in [0.1, 0.15) is 5.69 Å². The van der Waals surface area contributed by atoms with Gasteiger partial charge in [0.25, 0.3) is 0 Å². The molecular formula is C16H14F3IN4O2S. The Morgan fingerprint density at radius 3 is 2.63 bits per heavy atom. The summed E-state index contributed by atoms with van der Waals surface area (Å²) in [6.45, 7) is 0.197. The van der Waals surface area contributed by atoms with Gasteiger partial charge in [-0.3, -0.25) is 0 Å². The standard InChI is InChI=1S/C16H13F3N4O2S.HI/c17-16(18,19)25-12-5-3-10(4-6-12)23-15(20)21-8-11-9-24-14(22-11)13-2-1-7-26-13;/h1-7,9H,8H2,(H3,20,21,23);1H. The SMILES string of the molecule is I.NC(=NCc1coc(-c2cccs2)n1)Nc1ccc(OC(F)(F)F)cc1. The third kappa shape index (κ3) is 6.43. The minimum absolute atomic E-state index is 0. The third-order valence-corrected chi connectivity index (χ3v) is 3.91. The summed E-state index contributed by atoms with van der Waals surface area (Å²) in [7, 11) is 0. The van der Waals surface area contributed by atoms with Crippen LogP contribution < -0.4 is 15.8 Å². The molecule has 0 radical (unpaired) electrons. The number of ether oxygens (including phenoxy) is 1. The molecular weight excluding hydrogens is 496 g/mol. The smallest absolute Gasteiger partial charge is 0.443 e. The second-order valence-corrected chi connectivity index (χ2v) is 5.97. The van der Waals surface area contributed by atoms with Gasteiger partial charge < -0.3 is 20.2 Å². The number of hydrogen-bond acceptors (Lipinski definition) is 5. The normalized spacial score (nSPS) is 11.7. The largest absolute Gasteiger partial charge is 0.573 e. The summed E-state index contributed by atoms with van der Waals surface area (Å²) in [6, 6.07) is 8.94. The predicted octanol–water partition coefficient (Wildman–Crippen LogP) is 4.85. The molecule has 0 saturated heterocycles. The van der Waals surface area contributed by atoms with Crippen molar-refractivity contribution in [1.82, 2.24) is 4.98 Å². The van der Waals surface area contributed by atoms with Crippen molar-refractivity contribution < 1.29 is 22.3 Å². The first-order valence-electron chi connectivity index (χ1n) is 7.30. The molecule has 2 aromatic heterocycles. The van der Waals surface area contributed by atoms with E-state index in [9.17, 15) is 13.2 Å². The molecule has 2 heterocycles. The van der Waals surface area contributed by atoms with Crippen LogP contribution in [0, 0.1) is 0 Å². The van der Waals surface area contributed by atoms with Crippen molar-refractivity contribution in [3.8, 4) is 16.5 Å². The number of nitrogens with two attached hydrogens (primary N) is 1. The Morgan fingerprint density at radius 1 is 1.26 bits per heavy atom. The Balaban J connectivity index is 0.00000261. The van der Waals surface area contributed by atoms with Gasteiger partial charge in [-0.25, -0.2) is 9.98 Å². The van der Waals surface area contributed by atoms with Crippen molar-refractivity contribution in [2.75, 3.05) is 5.32 Å². The number of hydrogen-bond donors (Lipinski definition) is 2. The molecule has 0 spiro atoms. The van der Waals surface area contributed by atoms with E-state index in [1.54, 1.807) is 0 Å². The first-order chi connectivity index (χ1) is 12.4. The zero-order valence-corrected chi connectivity index (χ0v) is 16.7. The number of aromatic nitrogens is 1.